The van der Waals surface area contributed by atoms with E-state index >= 15 is 4.39 Å². The van der Waals surface area contributed by atoms with Gasteiger partial charge < -0.3 is 10.6 Å². The SMILES string of the molecule is Cc1cc(N(C=O)OC(C)(C)C)nc(C)c1CNC(=O)Cc1c(Cl)ccc(NCC(F)(F)c2ccccc2)c1F. The minimum atomic E-state index is -3.24. The van der Waals surface area contributed by atoms with Gasteiger partial charge in [0.25, 0.3) is 5.92 Å². The lowest BCUT2D eigenvalue weighted by atomic mass is 10.1. The molecule has 2 amide bonds. The van der Waals surface area contributed by atoms with E-state index in [4.69, 9.17) is 16.4 Å². The number of aromatic nitrogens is 1. The van der Waals surface area contributed by atoms with Crippen molar-refractivity contribution < 1.29 is 27.6 Å². The van der Waals surface area contributed by atoms with Crippen molar-refractivity contribution >= 4 is 35.4 Å². The molecule has 1 heterocycles. The zero-order valence-electron chi connectivity index (χ0n) is 22.9. The number of carbonyl (C=O) groups is 2. The van der Waals surface area contributed by atoms with Gasteiger partial charge in [0.1, 0.15) is 0 Å². The van der Waals surface area contributed by atoms with Crippen molar-refractivity contribution in [3.63, 3.8) is 0 Å². The zero-order chi connectivity index (χ0) is 29.7. The topological polar surface area (TPSA) is 83.6 Å². The lowest BCUT2D eigenvalue weighted by molar-refractivity contribution is -0.121. The molecule has 0 saturated heterocycles. The van der Waals surface area contributed by atoms with Crippen LogP contribution in [0.4, 0.5) is 24.7 Å². The molecule has 2 N–H and O–H groups in total. The molecule has 7 nitrogen and oxygen atoms in total. The summed E-state index contributed by atoms with van der Waals surface area (Å²) in [7, 11) is 0. The number of aryl methyl sites for hydroxylation is 2. The third-order valence-corrected chi connectivity index (χ3v) is 6.27. The Balaban J connectivity index is 1.68. The lowest BCUT2D eigenvalue weighted by Crippen LogP contribution is -2.34. The molecule has 0 aliphatic carbocycles. The predicted molar refractivity (Wildman–Crippen MR) is 149 cm³/mol. The van der Waals surface area contributed by atoms with E-state index in [1.54, 1.807) is 46.8 Å². The van der Waals surface area contributed by atoms with Gasteiger partial charge in [-0.3, -0.25) is 14.4 Å². The number of pyridine rings is 1. The minimum absolute atomic E-state index is 0.000738. The number of hydrogen-bond acceptors (Lipinski definition) is 5. The van der Waals surface area contributed by atoms with Crippen LogP contribution in [0.15, 0.2) is 48.5 Å². The Morgan fingerprint density at radius 3 is 2.38 bits per heavy atom. The van der Waals surface area contributed by atoms with Crippen molar-refractivity contribution in [1.29, 1.82) is 0 Å². The number of alkyl halides is 2. The van der Waals surface area contributed by atoms with Crippen LogP contribution in [0.1, 0.15) is 48.7 Å². The smallest absolute Gasteiger partial charge is 0.290 e. The molecular weight excluding hydrogens is 545 g/mol. The standard InChI is InChI=1S/C29H32ClF3N4O3/c1-18-13-25(37(17-38)40-28(3,4)5)36-19(2)22(18)15-34-26(39)14-21-23(30)11-12-24(27(21)31)35-16-29(32,33)20-9-7-6-8-10-20/h6-13,17,35H,14-16H2,1-5H3,(H,34,39). The van der Waals surface area contributed by atoms with Crippen LogP contribution in [-0.4, -0.2) is 29.4 Å². The highest BCUT2D eigenvalue weighted by Gasteiger charge is 2.31. The molecule has 0 spiro atoms. The molecule has 0 bridgehead atoms. The molecule has 11 heteroatoms. The van der Waals surface area contributed by atoms with Crippen molar-refractivity contribution in [3.8, 4) is 0 Å². The second-order valence-electron chi connectivity index (χ2n) is 10.3. The number of hydrogen-bond donors (Lipinski definition) is 2. The van der Waals surface area contributed by atoms with Crippen molar-refractivity contribution in [3.05, 3.63) is 87.3 Å². The molecule has 0 unspecified atom stereocenters. The molecule has 0 radical (unpaired) electrons. The number of nitrogens with one attached hydrogen (secondary N) is 2. The van der Waals surface area contributed by atoms with Crippen LogP contribution >= 0.6 is 11.6 Å². The monoisotopic (exact) mass is 576 g/mol. The second-order valence-corrected chi connectivity index (χ2v) is 10.7. The van der Waals surface area contributed by atoms with Gasteiger partial charge in [0.05, 0.1) is 24.3 Å². The number of anilines is 2. The molecule has 1 aromatic heterocycles. The predicted octanol–water partition coefficient (Wildman–Crippen LogP) is 6.25. The third-order valence-electron chi connectivity index (χ3n) is 5.92. The molecule has 40 heavy (non-hydrogen) atoms. The summed E-state index contributed by atoms with van der Waals surface area (Å²) in [6, 6.07) is 11.5. The second kappa shape index (κ2) is 12.7. The molecule has 0 fully saturated rings. The number of amides is 2. The minimum Gasteiger partial charge on any atom is -0.376 e. The van der Waals surface area contributed by atoms with Crippen LogP contribution in [0.25, 0.3) is 0 Å². The summed E-state index contributed by atoms with van der Waals surface area (Å²) < 4.78 is 44.3. The Morgan fingerprint density at radius 2 is 1.77 bits per heavy atom. The fourth-order valence-electron chi connectivity index (χ4n) is 3.93. The van der Waals surface area contributed by atoms with Gasteiger partial charge in [-0.05, 0) is 63.9 Å². The van der Waals surface area contributed by atoms with Gasteiger partial charge in [0.2, 0.25) is 12.3 Å². The van der Waals surface area contributed by atoms with E-state index < -0.39 is 36.2 Å². The fraction of sp³-hybridized carbons (Fsp3) is 0.345. The van der Waals surface area contributed by atoms with Crippen LogP contribution in [0, 0.1) is 19.7 Å². The van der Waals surface area contributed by atoms with Gasteiger partial charge in [0.15, 0.2) is 11.6 Å². The molecular formula is C29H32ClF3N4O3. The van der Waals surface area contributed by atoms with E-state index in [-0.39, 0.29) is 28.4 Å². The number of nitrogens with zero attached hydrogens (tertiary/aromatic N) is 2. The van der Waals surface area contributed by atoms with Crippen LogP contribution in [0.3, 0.4) is 0 Å². The first-order chi connectivity index (χ1) is 18.7. The molecule has 0 aliphatic rings. The Labute approximate surface area is 236 Å². The lowest BCUT2D eigenvalue weighted by Gasteiger charge is -2.26. The largest absolute Gasteiger partial charge is 0.376 e. The molecule has 0 saturated carbocycles. The molecule has 214 valence electrons. The van der Waals surface area contributed by atoms with Crippen molar-refractivity contribution in [2.24, 2.45) is 0 Å². The maximum atomic E-state index is 15.2. The number of hydroxylamine groups is 1. The number of rotatable bonds is 11. The summed E-state index contributed by atoms with van der Waals surface area (Å²) in [6.07, 6.45) is 0.120. The van der Waals surface area contributed by atoms with Crippen LogP contribution in [0.5, 0.6) is 0 Å². The maximum Gasteiger partial charge on any atom is 0.290 e. The summed E-state index contributed by atoms with van der Waals surface area (Å²) in [5, 5.41) is 6.20. The summed E-state index contributed by atoms with van der Waals surface area (Å²) in [5.41, 5.74) is 0.898. The summed E-state index contributed by atoms with van der Waals surface area (Å²) in [5.74, 6) is -4.35. The normalized spacial score (nSPS) is 11.7. The number of halogens is 4. The number of carbonyl (C=O) groups excluding carboxylic acids is 2. The summed E-state index contributed by atoms with van der Waals surface area (Å²) in [6.45, 7) is 8.18. The number of benzene rings is 2. The average molecular weight is 577 g/mol. The molecule has 0 aliphatic heterocycles. The summed E-state index contributed by atoms with van der Waals surface area (Å²) >= 11 is 6.15. The molecule has 3 aromatic rings. The van der Waals surface area contributed by atoms with Crippen molar-refractivity contribution in [2.75, 3.05) is 16.9 Å². The van der Waals surface area contributed by atoms with E-state index in [1.807, 2.05) is 0 Å². The quantitative estimate of drug-likeness (QED) is 0.208. The molecule has 0 atom stereocenters. The summed E-state index contributed by atoms with van der Waals surface area (Å²) in [4.78, 5) is 34.3. The Hall–Kier alpha value is -3.63. The highest BCUT2D eigenvalue weighted by atomic mass is 35.5. The van der Waals surface area contributed by atoms with Crippen LogP contribution in [-0.2, 0) is 33.3 Å². The van der Waals surface area contributed by atoms with Gasteiger partial charge in [-0.2, -0.15) is 13.8 Å². The Kier molecular flexibility index (Phi) is 9.81. The highest BCUT2D eigenvalue weighted by Crippen LogP contribution is 2.31. The van der Waals surface area contributed by atoms with Crippen LogP contribution < -0.4 is 15.7 Å². The first-order valence-corrected chi connectivity index (χ1v) is 12.9. The first-order valence-electron chi connectivity index (χ1n) is 12.5. The van der Waals surface area contributed by atoms with Gasteiger partial charge in [0, 0.05) is 28.4 Å². The van der Waals surface area contributed by atoms with Crippen molar-refractivity contribution in [2.45, 2.75) is 59.1 Å². The van der Waals surface area contributed by atoms with E-state index in [0.717, 1.165) is 10.6 Å². The van der Waals surface area contributed by atoms with E-state index in [0.29, 0.717) is 23.5 Å². The molecule has 3 rings (SSSR count). The third kappa shape index (κ3) is 7.95. The van der Waals surface area contributed by atoms with E-state index in [2.05, 4.69) is 15.6 Å². The van der Waals surface area contributed by atoms with Crippen LogP contribution in [0.2, 0.25) is 5.02 Å². The molecule has 2 aromatic carbocycles. The zero-order valence-corrected chi connectivity index (χ0v) is 23.7. The Morgan fingerprint density at radius 1 is 1.10 bits per heavy atom. The maximum absolute atomic E-state index is 15.2. The van der Waals surface area contributed by atoms with E-state index in [9.17, 15) is 18.4 Å². The first kappa shape index (κ1) is 30.9. The van der Waals surface area contributed by atoms with Gasteiger partial charge in [-0.15, -0.1) is 0 Å². The Bertz CT molecular complexity index is 1340. The van der Waals surface area contributed by atoms with Gasteiger partial charge >= 0.3 is 0 Å². The average Bonchev–Trinajstić information content (AvgIpc) is 2.88. The van der Waals surface area contributed by atoms with E-state index in [1.165, 1.54) is 36.4 Å². The van der Waals surface area contributed by atoms with Crippen molar-refractivity contribution in [1.82, 2.24) is 10.3 Å². The fourth-order valence-corrected chi connectivity index (χ4v) is 4.14. The van der Waals surface area contributed by atoms with Gasteiger partial charge in [-0.1, -0.05) is 41.9 Å². The highest BCUT2D eigenvalue weighted by molar-refractivity contribution is 6.31. The van der Waals surface area contributed by atoms with Gasteiger partial charge in [-0.25, -0.2) is 9.37 Å².